The number of carboxylic acid groups (broad SMARTS) is 1. The van der Waals surface area contributed by atoms with Gasteiger partial charge in [-0.1, -0.05) is 20.3 Å². The number of carboxylic acids is 1. The quantitative estimate of drug-likeness (QED) is 0.583. The first-order valence-corrected chi connectivity index (χ1v) is 7.20. The summed E-state index contributed by atoms with van der Waals surface area (Å²) in [4.78, 5) is 23.7. The van der Waals surface area contributed by atoms with Crippen LogP contribution in [0.15, 0.2) is 18.2 Å². The number of rotatable bonds is 8. The fourth-order valence-electron chi connectivity index (χ4n) is 2.17. The molecule has 0 saturated heterocycles. The largest absolute Gasteiger partial charge is 0.478 e. The van der Waals surface area contributed by atoms with Crippen LogP contribution in [0.5, 0.6) is 0 Å². The Hall–Kier alpha value is -2.11. The number of hydrogen-bond donors (Lipinski definition) is 1. The van der Waals surface area contributed by atoms with Crippen molar-refractivity contribution in [3.63, 3.8) is 0 Å². The van der Waals surface area contributed by atoms with Crippen LogP contribution in [0.4, 0.5) is 11.4 Å². The van der Waals surface area contributed by atoms with Gasteiger partial charge in [0.25, 0.3) is 5.69 Å². The minimum absolute atomic E-state index is 0.0648. The number of unbranched alkanes of at least 4 members (excludes halogenated alkanes) is 1. The minimum Gasteiger partial charge on any atom is -0.478 e. The second-order valence-electron chi connectivity index (χ2n) is 5.07. The van der Waals surface area contributed by atoms with Gasteiger partial charge in [0, 0.05) is 18.7 Å². The first-order valence-electron chi connectivity index (χ1n) is 7.20. The van der Waals surface area contributed by atoms with Gasteiger partial charge in [-0.15, -0.1) is 0 Å². The lowest BCUT2D eigenvalue weighted by atomic mass is 10.1. The summed E-state index contributed by atoms with van der Waals surface area (Å²) in [6.07, 6.45) is 2.79. The molecule has 0 aliphatic heterocycles. The summed E-state index contributed by atoms with van der Waals surface area (Å²) >= 11 is 0. The molecule has 0 fully saturated rings. The first kappa shape index (κ1) is 16.9. The van der Waals surface area contributed by atoms with Gasteiger partial charge in [0.1, 0.15) is 5.69 Å². The van der Waals surface area contributed by atoms with E-state index in [1.54, 1.807) is 6.07 Å². The van der Waals surface area contributed by atoms with Gasteiger partial charge in [0.15, 0.2) is 0 Å². The van der Waals surface area contributed by atoms with Gasteiger partial charge < -0.3 is 10.0 Å². The number of nitro benzene ring substituents is 1. The molecule has 0 spiro atoms. The maximum absolute atomic E-state index is 11.3. The van der Waals surface area contributed by atoms with E-state index in [2.05, 4.69) is 6.92 Å². The Labute approximate surface area is 124 Å². The number of nitro groups is 1. The molecular formula is C15H22N2O4. The normalized spacial score (nSPS) is 12.0. The van der Waals surface area contributed by atoms with Gasteiger partial charge in [0.05, 0.1) is 10.5 Å². The summed E-state index contributed by atoms with van der Waals surface area (Å²) in [7, 11) is 0. The summed E-state index contributed by atoms with van der Waals surface area (Å²) in [5, 5.41) is 20.3. The van der Waals surface area contributed by atoms with Crippen LogP contribution in [-0.4, -0.2) is 28.6 Å². The van der Waals surface area contributed by atoms with Crippen LogP contribution >= 0.6 is 0 Å². The van der Waals surface area contributed by atoms with Crippen molar-refractivity contribution in [2.75, 3.05) is 11.4 Å². The molecule has 0 aromatic heterocycles. The Morgan fingerprint density at radius 2 is 2.10 bits per heavy atom. The molecule has 0 aliphatic rings. The van der Waals surface area contributed by atoms with Crippen LogP contribution in [0.1, 0.15) is 50.4 Å². The molecule has 1 aromatic carbocycles. The number of hydrogen-bond acceptors (Lipinski definition) is 4. The van der Waals surface area contributed by atoms with E-state index in [4.69, 9.17) is 5.11 Å². The molecule has 116 valence electrons. The van der Waals surface area contributed by atoms with E-state index in [0.29, 0.717) is 5.69 Å². The van der Waals surface area contributed by atoms with Crippen molar-refractivity contribution in [2.45, 2.75) is 46.1 Å². The molecule has 0 heterocycles. The molecule has 0 bridgehead atoms. The fourth-order valence-corrected chi connectivity index (χ4v) is 2.17. The van der Waals surface area contributed by atoms with Crippen LogP contribution in [0.3, 0.4) is 0 Å². The van der Waals surface area contributed by atoms with Crippen LogP contribution in [0.25, 0.3) is 0 Å². The minimum atomic E-state index is -1.16. The molecule has 1 atom stereocenters. The smallest absolute Gasteiger partial charge is 0.335 e. The van der Waals surface area contributed by atoms with Crippen LogP contribution in [0.2, 0.25) is 0 Å². The predicted molar refractivity (Wildman–Crippen MR) is 82.1 cm³/mol. The highest BCUT2D eigenvalue weighted by Gasteiger charge is 2.24. The summed E-state index contributed by atoms with van der Waals surface area (Å²) in [5.74, 6) is -1.16. The van der Waals surface area contributed by atoms with Gasteiger partial charge in [-0.25, -0.2) is 4.79 Å². The van der Waals surface area contributed by atoms with Crippen molar-refractivity contribution < 1.29 is 14.8 Å². The second kappa shape index (κ2) is 7.61. The first-order chi connectivity index (χ1) is 9.92. The second-order valence-corrected chi connectivity index (χ2v) is 5.07. The fraction of sp³-hybridized carbons (Fsp3) is 0.533. The molecule has 6 nitrogen and oxygen atoms in total. The van der Waals surface area contributed by atoms with E-state index in [9.17, 15) is 14.9 Å². The summed E-state index contributed by atoms with van der Waals surface area (Å²) in [6.45, 7) is 6.83. The lowest BCUT2D eigenvalue weighted by molar-refractivity contribution is -0.384. The zero-order chi connectivity index (χ0) is 16.0. The third-order valence-electron chi connectivity index (χ3n) is 3.60. The zero-order valence-electron chi connectivity index (χ0n) is 12.7. The Morgan fingerprint density at radius 3 is 2.57 bits per heavy atom. The molecule has 0 saturated carbocycles. The Kier molecular flexibility index (Phi) is 6.14. The van der Waals surface area contributed by atoms with Gasteiger partial charge in [0.2, 0.25) is 0 Å². The zero-order valence-corrected chi connectivity index (χ0v) is 12.7. The third-order valence-corrected chi connectivity index (χ3v) is 3.60. The highest BCUT2D eigenvalue weighted by atomic mass is 16.6. The molecule has 1 aromatic rings. The highest BCUT2D eigenvalue weighted by Crippen LogP contribution is 2.31. The Morgan fingerprint density at radius 1 is 1.43 bits per heavy atom. The number of aromatic carboxylic acids is 1. The molecular weight excluding hydrogens is 272 g/mol. The molecule has 1 rings (SSSR count). The third kappa shape index (κ3) is 4.18. The topological polar surface area (TPSA) is 83.7 Å². The molecule has 0 aliphatic carbocycles. The molecule has 21 heavy (non-hydrogen) atoms. The van der Waals surface area contributed by atoms with Crippen molar-refractivity contribution in [3.05, 3.63) is 33.9 Å². The van der Waals surface area contributed by atoms with Gasteiger partial charge in [-0.3, -0.25) is 10.1 Å². The summed E-state index contributed by atoms with van der Waals surface area (Å²) in [5.41, 5.74) is 0.282. The summed E-state index contributed by atoms with van der Waals surface area (Å²) in [6, 6.07) is 4.26. The average Bonchev–Trinajstić information content (AvgIpc) is 2.46. The standard InChI is InChI=1S/C15H22N2O4/c1-4-6-9-16(11(3)5-2)13-8-7-12(15(18)19)10-14(13)17(20)21/h7-8,10-11H,4-6,9H2,1-3H3,(H,18,19). The van der Waals surface area contributed by atoms with Crippen LogP contribution in [0, 0.1) is 10.1 Å². The van der Waals surface area contributed by atoms with E-state index in [-0.39, 0.29) is 17.3 Å². The predicted octanol–water partition coefficient (Wildman–Crippen LogP) is 3.70. The van der Waals surface area contributed by atoms with Crippen molar-refractivity contribution in [3.8, 4) is 0 Å². The SMILES string of the molecule is CCCCN(c1ccc(C(=O)O)cc1[N+](=O)[O-])C(C)CC. The maximum atomic E-state index is 11.3. The van der Waals surface area contributed by atoms with Gasteiger partial charge in [-0.2, -0.15) is 0 Å². The van der Waals surface area contributed by atoms with E-state index in [1.165, 1.54) is 6.07 Å². The molecule has 6 heteroatoms. The Bertz CT molecular complexity index is 516. The Balaban J connectivity index is 3.28. The van der Waals surface area contributed by atoms with Crippen molar-refractivity contribution in [1.82, 2.24) is 0 Å². The monoisotopic (exact) mass is 294 g/mol. The average molecular weight is 294 g/mol. The molecule has 0 radical (unpaired) electrons. The van der Waals surface area contributed by atoms with Crippen LogP contribution < -0.4 is 4.90 Å². The number of nitrogens with zero attached hydrogens (tertiary/aromatic N) is 2. The number of benzene rings is 1. The molecule has 1 N–H and O–H groups in total. The highest BCUT2D eigenvalue weighted by molar-refractivity contribution is 5.89. The van der Waals surface area contributed by atoms with E-state index >= 15 is 0 Å². The van der Waals surface area contributed by atoms with Crippen LogP contribution in [-0.2, 0) is 0 Å². The lowest BCUT2D eigenvalue weighted by Crippen LogP contribution is -2.34. The lowest BCUT2D eigenvalue weighted by Gasteiger charge is -2.30. The van der Waals surface area contributed by atoms with E-state index < -0.39 is 10.9 Å². The molecule has 0 amide bonds. The van der Waals surface area contributed by atoms with Crippen molar-refractivity contribution in [1.29, 1.82) is 0 Å². The van der Waals surface area contributed by atoms with Gasteiger partial charge >= 0.3 is 5.97 Å². The van der Waals surface area contributed by atoms with Crippen molar-refractivity contribution >= 4 is 17.3 Å². The number of anilines is 1. The van der Waals surface area contributed by atoms with E-state index in [0.717, 1.165) is 31.9 Å². The maximum Gasteiger partial charge on any atom is 0.335 e. The summed E-state index contributed by atoms with van der Waals surface area (Å²) < 4.78 is 0. The molecule has 1 unspecified atom stereocenters. The van der Waals surface area contributed by atoms with E-state index in [1.807, 2.05) is 18.7 Å². The number of carbonyl (C=O) groups is 1. The van der Waals surface area contributed by atoms with Crippen molar-refractivity contribution in [2.24, 2.45) is 0 Å². The van der Waals surface area contributed by atoms with Gasteiger partial charge in [-0.05, 0) is 31.9 Å².